The van der Waals surface area contributed by atoms with E-state index in [0.717, 1.165) is 12.1 Å². The second-order valence-electron chi connectivity index (χ2n) is 2.26. The van der Waals surface area contributed by atoms with Crippen LogP contribution in [0.3, 0.4) is 0 Å². The van der Waals surface area contributed by atoms with Crippen molar-refractivity contribution in [1.29, 1.82) is 0 Å². The van der Waals surface area contributed by atoms with Crippen molar-refractivity contribution in [3.05, 3.63) is 30.1 Å². The Morgan fingerprint density at radius 2 is 1.62 bits per heavy atom. The molecule has 0 aliphatic carbocycles. The van der Waals surface area contributed by atoms with E-state index in [-0.39, 0.29) is 4.90 Å². The minimum atomic E-state index is -3.29. The molecule has 0 fully saturated rings. The van der Waals surface area contributed by atoms with Crippen LogP contribution in [0.15, 0.2) is 29.2 Å². The van der Waals surface area contributed by atoms with E-state index in [4.69, 9.17) is 0 Å². The summed E-state index contributed by atoms with van der Waals surface area (Å²) < 4.78 is 35.0. The molecule has 72 valence electrons. The first-order valence-corrected chi connectivity index (χ1v) is 7.26. The average Bonchev–Trinajstić information content (AvgIpc) is 2.04. The van der Waals surface area contributed by atoms with E-state index in [0.29, 0.717) is 0 Å². The first-order valence-electron chi connectivity index (χ1n) is 3.22. The van der Waals surface area contributed by atoms with Gasteiger partial charge in [-0.25, -0.2) is 12.8 Å². The molecule has 0 aliphatic heterocycles. The van der Waals surface area contributed by atoms with Gasteiger partial charge in [0.1, 0.15) is 5.82 Å². The standard InChI is InChI=1S/C7H5FI2O2S/c8-5-1-3-6(4-2-5)13(11,12)7(9)10/h1-4,7H. The van der Waals surface area contributed by atoms with Gasteiger partial charge in [-0.15, -0.1) is 0 Å². The van der Waals surface area contributed by atoms with Crippen molar-refractivity contribution in [2.75, 3.05) is 0 Å². The largest absolute Gasteiger partial charge is 0.222 e. The molecule has 2 nitrogen and oxygen atoms in total. The molecule has 0 bridgehead atoms. The fourth-order valence-electron chi connectivity index (χ4n) is 0.727. The zero-order valence-electron chi connectivity index (χ0n) is 6.25. The molecule has 1 aromatic rings. The van der Waals surface area contributed by atoms with Crippen LogP contribution >= 0.6 is 45.2 Å². The van der Waals surface area contributed by atoms with Crippen LogP contribution in [0.4, 0.5) is 4.39 Å². The van der Waals surface area contributed by atoms with E-state index in [1.54, 1.807) is 45.2 Å². The second-order valence-corrected chi connectivity index (χ2v) is 10.9. The Bertz CT molecular complexity index is 385. The van der Waals surface area contributed by atoms with Gasteiger partial charge < -0.3 is 0 Å². The molecular formula is C7H5FI2O2S. The minimum absolute atomic E-state index is 0.155. The third kappa shape index (κ3) is 2.75. The quantitative estimate of drug-likeness (QED) is 0.415. The van der Waals surface area contributed by atoms with Gasteiger partial charge in [0.25, 0.3) is 0 Å². The summed E-state index contributed by atoms with van der Waals surface area (Å²) in [6, 6.07) is 4.83. The predicted octanol–water partition coefficient (Wildman–Crippen LogP) is 2.75. The van der Waals surface area contributed by atoms with E-state index in [1.807, 2.05) is 0 Å². The number of benzene rings is 1. The van der Waals surface area contributed by atoms with Crippen LogP contribution in [0.5, 0.6) is 0 Å². The maximum absolute atomic E-state index is 12.5. The Labute approximate surface area is 103 Å². The highest BCUT2D eigenvalue weighted by Gasteiger charge is 2.21. The highest BCUT2D eigenvalue weighted by molar-refractivity contribution is 14.2. The van der Waals surface area contributed by atoms with Gasteiger partial charge in [0.2, 0.25) is 0 Å². The molecule has 13 heavy (non-hydrogen) atoms. The molecule has 0 saturated carbocycles. The molecule has 6 heteroatoms. The Morgan fingerprint density at radius 3 is 2.00 bits per heavy atom. The van der Waals surface area contributed by atoms with Gasteiger partial charge in [0.15, 0.2) is 11.1 Å². The fraction of sp³-hybridized carbons (Fsp3) is 0.143. The van der Waals surface area contributed by atoms with Crippen LogP contribution in [0.2, 0.25) is 0 Å². The molecular weight excluding hydrogens is 421 g/mol. The summed E-state index contributed by atoms with van der Waals surface area (Å²) in [5, 5.41) is 0. The first kappa shape index (κ1) is 11.6. The lowest BCUT2D eigenvalue weighted by Gasteiger charge is -2.04. The van der Waals surface area contributed by atoms with E-state index < -0.39 is 16.9 Å². The van der Waals surface area contributed by atoms with E-state index in [9.17, 15) is 12.8 Å². The summed E-state index contributed by atoms with van der Waals surface area (Å²) in [6.45, 7) is 0. The zero-order valence-corrected chi connectivity index (χ0v) is 11.4. The number of sulfone groups is 1. The SMILES string of the molecule is O=S(=O)(c1ccc(F)cc1)C(I)I. The summed E-state index contributed by atoms with van der Waals surface area (Å²) in [4.78, 5) is 0.155. The Morgan fingerprint density at radius 1 is 1.15 bits per heavy atom. The summed E-state index contributed by atoms with van der Waals surface area (Å²) >= 11 is 3.60. The van der Waals surface area contributed by atoms with Crippen LogP contribution in [0.1, 0.15) is 0 Å². The van der Waals surface area contributed by atoms with E-state index in [2.05, 4.69) is 0 Å². The van der Waals surface area contributed by atoms with Crippen LogP contribution in [-0.2, 0) is 9.84 Å². The molecule has 0 N–H and O–H groups in total. The average molecular weight is 426 g/mol. The normalized spacial score (nSPS) is 12.0. The fourth-order valence-corrected chi connectivity index (χ4v) is 3.21. The molecule has 0 aliphatic rings. The highest BCUT2D eigenvalue weighted by Crippen LogP contribution is 2.25. The molecule has 0 aromatic heterocycles. The van der Waals surface area contributed by atoms with Crippen LogP contribution in [-0.4, -0.2) is 9.68 Å². The van der Waals surface area contributed by atoms with Crippen LogP contribution in [0, 0.1) is 5.82 Å². The van der Waals surface area contributed by atoms with E-state index >= 15 is 0 Å². The topological polar surface area (TPSA) is 34.1 Å². The molecule has 0 spiro atoms. The van der Waals surface area contributed by atoms with Gasteiger partial charge >= 0.3 is 0 Å². The smallest absolute Gasteiger partial charge is 0.199 e. The Hall–Kier alpha value is 0.560. The van der Waals surface area contributed by atoms with Crippen LogP contribution < -0.4 is 0 Å². The first-order chi connectivity index (χ1) is 5.94. The number of rotatable bonds is 2. The molecule has 0 atom stereocenters. The van der Waals surface area contributed by atoms with Crippen LogP contribution in [0.25, 0.3) is 0 Å². The second kappa shape index (κ2) is 4.39. The summed E-state index contributed by atoms with van der Waals surface area (Å²) in [6.07, 6.45) is 0. The Balaban J connectivity index is 3.17. The summed E-state index contributed by atoms with van der Waals surface area (Å²) in [5.74, 6) is -0.433. The van der Waals surface area contributed by atoms with Crippen molar-refractivity contribution in [3.63, 3.8) is 0 Å². The van der Waals surface area contributed by atoms with Gasteiger partial charge in [0, 0.05) is 0 Å². The third-order valence-electron chi connectivity index (χ3n) is 1.38. The lowest BCUT2D eigenvalue weighted by atomic mass is 10.4. The third-order valence-corrected chi connectivity index (χ3v) is 6.79. The zero-order chi connectivity index (χ0) is 10.1. The monoisotopic (exact) mass is 426 g/mol. The highest BCUT2D eigenvalue weighted by atomic mass is 127. The maximum atomic E-state index is 12.5. The summed E-state index contributed by atoms with van der Waals surface area (Å²) in [7, 11) is -3.29. The van der Waals surface area contributed by atoms with Crippen molar-refractivity contribution in [3.8, 4) is 0 Å². The van der Waals surface area contributed by atoms with Gasteiger partial charge in [-0.1, -0.05) is 45.2 Å². The number of halogens is 3. The lowest BCUT2D eigenvalue weighted by Crippen LogP contribution is -2.07. The van der Waals surface area contributed by atoms with Crippen molar-refractivity contribution in [1.82, 2.24) is 0 Å². The number of hydrogen-bond acceptors (Lipinski definition) is 2. The molecule has 1 rings (SSSR count). The summed E-state index contributed by atoms with van der Waals surface area (Å²) in [5.41, 5.74) is 0. The molecule has 0 heterocycles. The molecule has 0 amide bonds. The predicted molar refractivity (Wildman–Crippen MR) is 65.4 cm³/mol. The lowest BCUT2D eigenvalue weighted by molar-refractivity contribution is 0.599. The van der Waals surface area contributed by atoms with Gasteiger partial charge in [-0.3, -0.25) is 0 Å². The molecule has 0 saturated heterocycles. The molecule has 1 aromatic carbocycles. The van der Waals surface area contributed by atoms with E-state index in [1.165, 1.54) is 12.1 Å². The van der Waals surface area contributed by atoms with Gasteiger partial charge in [-0.05, 0) is 24.3 Å². The Kier molecular flexibility index (Phi) is 3.93. The maximum Gasteiger partial charge on any atom is 0.199 e. The number of alkyl halides is 2. The van der Waals surface area contributed by atoms with Gasteiger partial charge in [-0.2, -0.15) is 0 Å². The van der Waals surface area contributed by atoms with Gasteiger partial charge in [0.05, 0.1) is 4.90 Å². The van der Waals surface area contributed by atoms with Crippen molar-refractivity contribution in [2.24, 2.45) is 0 Å². The number of hydrogen-bond donors (Lipinski definition) is 0. The van der Waals surface area contributed by atoms with Crippen molar-refractivity contribution in [2.45, 2.75) is 6.16 Å². The molecule has 0 unspecified atom stereocenters. The van der Waals surface area contributed by atoms with Crippen molar-refractivity contribution >= 4 is 55.0 Å². The minimum Gasteiger partial charge on any atom is -0.222 e. The van der Waals surface area contributed by atoms with Crippen molar-refractivity contribution < 1.29 is 12.8 Å². The molecule has 0 radical (unpaired) electrons.